The van der Waals surface area contributed by atoms with Crippen molar-refractivity contribution in [3.05, 3.63) is 54.1 Å². The fourth-order valence-corrected chi connectivity index (χ4v) is 4.28. The van der Waals surface area contributed by atoms with Gasteiger partial charge >= 0.3 is 0 Å². The minimum absolute atomic E-state index is 0.119. The second-order valence-electron chi connectivity index (χ2n) is 6.25. The van der Waals surface area contributed by atoms with Crippen LogP contribution in [-0.2, 0) is 14.8 Å². The SMILES string of the molecule is COc1ccc(NC(=O)c2ccc(S(=O)(=O)N3CCN(C=O)CC3)cc2)cc1. The van der Waals surface area contributed by atoms with Gasteiger partial charge in [-0.25, -0.2) is 8.42 Å². The van der Waals surface area contributed by atoms with Crippen molar-refractivity contribution in [3.8, 4) is 5.75 Å². The van der Waals surface area contributed by atoms with Crippen molar-refractivity contribution in [2.24, 2.45) is 0 Å². The quantitative estimate of drug-likeness (QED) is 0.736. The summed E-state index contributed by atoms with van der Waals surface area (Å²) < 4.78 is 31.9. The van der Waals surface area contributed by atoms with Gasteiger partial charge in [0.1, 0.15) is 5.75 Å². The third-order valence-corrected chi connectivity index (χ3v) is 6.44. The number of methoxy groups -OCH3 is 1. The standard InChI is InChI=1S/C19H21N3O5S/c1-27-17-6-4-16(5-7-17)20-19(24)15-2-8-18(9-3-15)28(25,26)22-12-10-21(14-23)11-13-22/h2-9,14H,10-13H2,1H3,(H,20,24). The first kappa shape index (κ1) is 19.8. The summed E-state index contributed by atoms with van der Waals surface area (Å²) in [5.74, 6) is 0.343. The molecule has 28 heavy (non-hydrogen) atoms. The maximum Gasteiger partial charge on any atom is 0.255 e. The lowest BCUT2D eigenvalue weighted by molar-refractivity contribution is -0.119. The first-order chi connectivity index (χ1) is 13.4. The second kappa shape index (κ2) is 8.41. The van der Waals surface area contributed by atoms with Crippen molar-refractivity contribution in [2.45, 2.75) is 4.90 Å². The largest absolute Gasteiger partial charge is 0.497 e. The van der Waals surface area contributed by atoms with E-state index in [9.17, 15) is 18.0 Å². The third-order valence-electron chi connectivity index (χ3n) is 4.52. The Balaban J connectivity index is 1.68. The summed E-state index contributed by atoms with van der Waals surface area (Å²) in [6, 6.07) is 12.7. The van der Waals surface area contributed by atoms with Crippen LogP contribution in [0.5, 0.6) is 5.75 Å². The third kappa shape index (κ3) is 4.32. The summed E-state index contributed by atoms with van der Waals surface area (Å²) in [5.41, 5.74) is 0.955. The summed E-state index contributed by atoms with van der Waals surface area (Å²) >= 11 is 0. The highest BCUT2D eigenvalue weighted by Crippen LogP contribution is 2.19. The van der Waals surface area contributed by atoms with Crippen LogP contribution in [0.4, 0.5) is 5.69 Å². The van der Waals surface area contributed by atoms with E-state index in [0.717, 1.165) is 6.41 Å². The van der Waals surface area contributed by atoms with Crippen molar-refractivity contribution < 1.29 is 22.7 Å². The summed E-state index contributed by atoms with van der Waals surface area (Å²) in [4.78, 5) is 24.8. The number of rotatable bonds is 6. The van der Waals surface area contributed by atoms with E-state index in [1.165, 1.54) is 28.6 Å². The smallest absolute Gasteiger partial charge is 0.255 e. The highest BCUT2D eigenvalue weighted by molar-refractivity contribution is 7.89. The van der Waals surface area contributed by atoms with E-state index in [4.69, 9.17) is 4.74 Å². The molecule has 0 aromatic heterocycles. The molecule has 1 aliphatic heterocycles. The lowest BCUT2D eigenvalue weighted by atomic mass is 10.2. The summed E-state index contributed by atoms with van der Waals surface area (Å²) in [7, 11) is -2.10. The van der Waals surface area contributed by atoms with E-state index in [1.807, 2.05) is 0 Å². The van der Waals surface area contributed by atoms with Crippen molar-refractivity contribution in [2.75, 3.05) is 38.6 Å². The van der Waals surface area contributed by atoms with Crippen LogP contribution >= 0.6 is 0 Å². The molecule has 0 unspecified atom stereocenters. The maximum absolute atomic E-state index is 12.7. The van der Waals surface area contributed by atoms with Crippen LogP contribution < -0.4 is 10.1 Å². The molecule has 0 saturated carbocycles. The Kier molecular flexibility index (Phi) is 5.96. The molecule has 0 bridgehead atoms. The van der Waals surface area contributed by atoms with Crippen molar-refractivity contribution >= 4 is 28.0 Å². The van der Waals surface area contributed by atoms with Gasteiger partial charge in [-0.15, -0.1) is 0 Å². The number of nitrogens with zero attached hydrogens (tertiary/aromatic N) is 2. The molecule has 1 aliphatic rings. The zero-order chi connectivity index (χ0) is 20.1. The number of amides is 2. The summed E-state index contributed by atoms with van der Waals surface area (Å²) in [6.45, 7) is 1.23. The molecule has 2 aromatic rings. The predicted molar refractivity (Wildman–Crippen MR) is 104 cm³/mol. The molecule has 3 rings (SSSR count). The topological polar surface area (TPSA) is 96.0 Å². The number of ether oxygens (including phenoxy) is 1. The Morgan fingerprint density at radius 1 is 1.00 bits per heavy atom. The fraction of sp³-hybridized carbons (Fsp3) is 0.263. The average Bonchev–Trinajstić information content (AvgIpc) is 2.74. The van der Waals surface area contributed by atoms with Gasteiger partial charge < -0.3 is 15.0 Å². The van der Waals surface area contributed by atoms with Gasteiger partial charge in [0, 0.05) is 37.4 Å². The number of anilines is 1. The monoisotopic (exact) mass is 403 g/mol. The lowest BCUT2D eigenvalue weighted by Crippen LogP contribution is -2.47. The molecule has 1 N–H and O–H groups in total. The molecule has 148 valence electrons. The molecular weight excluding hydrogens is 382 g/mol. The van der Waals surface area contributed by atoms with Gasteiger partial charge in [0.25, 0.3) is 5.91 Å². The predicted octanol–water partition coefficient (Wildman–Crippen LogP) is 1.41. The van der Waals surface area contributed by atoms with Crippen LogP contribution in [0.15, 0.2) is 53.4 Å². The Morgan fingerprint density at radius 3 is 2.14 bits per heavy atom. The van der Waals surface area contributed by atoms with E-state index in [0.29, 0.717) is 30.1 Å². The molecule has 1 fully saturated rings. The number of hydrogen-bond donors (Lipinski definition) is 1. The molecule has 1 saturated heterocycles. The van der Waals surface area contributed by atoms with Gasteiger partial charge in [-0.1, -0.05) is 0 Å². The van der Waals surface area contributed by atoms with Crippen LogP contribution in [-0.4, -0.2) is 63.2 Å². The first-order valence-electron chi connectivity index (χ1n) is 8.69. The molecule has 0 radical (unpaired) electrons. The number of nitrogens with one attached hydrogen (secondary N) is 1. The zero-order valence-electron chi connectivity index (χ0n) is 15.4. The van der Waals surface area contributed by atoms with Crippen LogP contribution in [0, 0.1) is 0 Å². The number of hydrogen-bond acceptors (Lipinski definition) is 5. The number of sulfonamides is 1. The van der Waals surface area contributed by atoms with E-state index in [-0.39, 0.29) is 23.9 Å². The van der Waals surface area contributed by atoms with Crippen LogP contribution in [0.2, 0.25) is 0 Å². The number of carbonyl (C=O) groups excluding carboxylic acids is 2. The van der Waals surface area contributed by atoms with E-state index < -0.39 is 10.0 Å². The fourth-order valence-electron chi connectivity index (χ4n) is 2.85. The normalized spacial score (nSPS) is 15.1. The van der Waals surface area contributed by atoms with Crippen LogP contribution in [0.3, 0.4) is 0 Å². The van der Waals surface area contributed by atoms with E-state index >= 15 is 0 Å². The number of piperazine rings is 1. The number of benzene rings is 2. The second-order valence-corrected chi connectivity index (χ2v) is 8.19. The summed E-state index contributed by atoms with van der Waals surface area (Å²) in [6.07, 6.45) is 0.722. The Morgan fingerprint density at radius 2 is 1.61 bits per heavy atom. The zero-order valence-corrected chi connectivity index (χ0v) is 16.2. The van der Waals surface area contributed by atoms with Crippen LogP contribution in [0.1, 0.15) is 10.4 Å². The van der Waals surface area contributed by atoms with Crippen molar-refractivity contribution in [3.63, 3.8) is 0 Å². The van der Waals surface area contributed by atoms with Gasteiger partial charge in [0.15, 0.2) is 0 Å². The van der Waals surface area contributed by atoms with E-state index in [2.05, 4.69) is 5.32 Å². The first-order valence-corrected chi connectivity index (χ1v) is 10.1. The number of carbonyl (C=O) groups is 2. The molecule has 0 spiro atoms. The maximum atomic E-state index is 12.7. The molecule has 2 amide bonds. The van der Waals surface area contributed by atoms with Crippen LogP contribution in [0.25, 0.3) is 0 Å². The lowest BCUT2D eigenvalue weighted by Gasteiger charge is -2.31. The molecule has 8 nitrogen and oxygen atoms in total. The minimum Gasteiger partial charge on any atom is -0.497 e. The summed E-state index contributed by atoms with van der Waals surface area (Å²) in [5, 5.41) is 2.75. The highest BCUT2D eigenvalue weighted by Gasteiger charge is 2.28. The van der Waals surface area contributed by atoms with Gasteiger partial charge in [0.05, 0.1) is 12.0 Å². The van der Waals surface area contributed by atoms with Crippen molar-refractivity contribution in [1.82, 2.24) is 9.21 Å². The molecule has 0 atom stereocenters. The molecule has 2 aromatic carbocycles. The van der Waals surface area contributed by atoms with Gasteiger partial charge in [0.2, 0.25) is 16.4 Å². The molecule has 9 heteroatoms. The van der Waals surface area contributed by atoms with Gasteiger partial charge in [-0.05, 0) is 48.5 Å². The minimum atomic E-state index is -3.66. The van der Waals surface area contributed by atoms with Gasteiger partial charge in [-0.3, -0.25) is 9.59 Å². The Bertz CT molecular complexity index is 935. The van der Waals surface area contributed by atoms with Gasteiger partial charge in [-0.2, -0.15) is 4.31 Å². The Hall–Kier alpha value is -2.91. The van der Waals surface area contributed by atoms with Crippen molar-refractivity contribution in [1.29, 1.82) is 0 Å². The Labute approximate surface area is 163 Å². The van der Waals surface area contributed by atoms with E-state index in [1.54, 1.807) is 36.3 Å². The molecule has 1 heterocycles. The highest BCUT2D eigenvalue weighted by atomic mass is 32.2. The molecule has 0 aliphatic carbocycles. The molecular formula is C19H21N3O5S. The average molecular weight is 403 g/mol.